The Kier molecular flexibility index (Phi) is 16.6. The Morgan fingerprint density at radius 2 is 0.107 bits per heavy atom. The first kappa shape index (κ1) is 53.9. The fourth-order valence-electron chi connectivity index (χ4n) is 12.1. The van der Waals surface area contributed by atoms with E-state index in [1.807, 2.05) is 0 Å². The van der Waals surface area contributed by atoms with Gasteiger partial charge in [0.15, 0.2) is 0 Å². The minimum Gasteiger partial charge on any atom is -0.0584 e. The molecule has 0 N–H and O–H groups in total. The third-order valence-electron chi connectivity index (χ3n) is 17.2. The van der Waals surface area contributed by atoms with E-state index in [-0.39, 0.29) is 0 Å². The van der Waals surface area contributed by atoms with Gasteiger partial charge < -0.3 is 0 Å². The zero-order chi connectivity index (χ0) is 56.3. The molecule has 32 aliphatic rings. The molecule has 0 amide bonds. The van der Waals surface area contributed by atoms with Crippen LogP contribution in [0.2, 0.25) is 0 Å². The van der Waals surface area contributed by atoms with E-state index in [4.69, 9.17) is 0 Å². The summed E-state index contributed by atoms with van der Waals surface area (Å²) < 4.78 is 0. The first-order valence-corrected chi connectivity index (χ1v) is 30.3. The molecule has 0 heteroatoms. The van der Waals surface area contributed by atoms with Crippen molar-refractivity contribution in [3.63, 3.8) is 0 Å². The summed E-state index contributed by atoms with van der Waals surface area (Å²) in [6.45, 7) is 0. The fraction of sp³-hybridized carbons (Fsp3) is 0.143. The van der Waals surface area contributed by atoms with Gasteiger partial charge in [-0.25, -0.2) is 0 Å². The highest BCUT2D eigenvalue weighted by Crippen LogP contribution is 2.24. The molecule has 24 bridgehead atoms. The summed E-state index contributed by atoms with van der Waals surface area (Å²) in [5.74, 6) is 0. The van der Waals surface area contributed by atoms with Gasteiger partial charge in [0, 0.05) is 0 Å². The van der Waals surface area contributed by atoms with Crippen LogP contribution in [-0.2, 0) is 77.0 Å². The zero-order valence-corrected chi connectivity index (χ0v) is 48.2. The second-order valence-corrected chi connectivity index (χ2v) is 23.9. The lowest BCUT2D eigenvalue weighted by molar-refractivity contribution is 1.12. The average Bonchev–Trinajstić information content (AvgIpc) is 3.56. The van der Waals surface area contributed by atoms with Crippen LogP contribution in [0, 0.1) is 0 Å². The molecule has 0 fully saturated rings. The lowest BCUT2D eigenvalue weighted by Crippen LogP contribution is -1.95. The maximum absolute atomic E-state index is 2.29. The Labute approximate surface area is 498 Å². The van der Waals surface area contributed by atoms with Gasteiger partial charge in [0.05, 0.1) is 0 Å². The lowest BCUT2D eigenvalue weighted by atomic mass is 9.96. The second kappa shape index (κ2) is 25.8. The van der Waals surface area contributed by atoms with Gasteiger partial charge in [-0.1, -0.05) is 291 Å². The topological polar surface area (TPSA) is 0 Å². The van der Waals surface area contributed by atoms with Gasteiger partial charge in [-0.2, -0.15) is 0 Å². The highest BCUT2D eigenvalue weighted by atomic mass is 14.1. The van der Waals surface area contributed by atoms with Crippen molar-refractivity contribution < 1.29 is 0 Å². The molecule has 0 heterocycles. The summed E-state index contributed by atoms with van der Waals surface area (Å²) in [5, 5.41) is 0. The van der Waals surface area contributed by atoms with Crippen molar-refractivity contribution in [2.45, 2.75) is 77.0 Å². The Hall–Kier alpha value is -9.36. The number of hydrogen-bond donors (Lipinski definition) is 0. The molecule has 0 aliphatic heterocycles. The Morgan fingerprint density at radius 3 is 0.143 bits per heavy atom. The second-order valence-electron chi connectivity index (χ2n) is 23.9. The summed E-state index contributed by atoms with van der Waals surface area (Å²) in [7, 11) is 0. The summed E-state index contributed by atoms with van der Waals surface area (Å²) in [5.41, 5.74) is 32.6. The van der Waals surface area contributed by atoms with Crippen LogP contribution < -0.4 is 0 Å². The van der Waals surface area contributed by atoms with Crippen LogP contribution in [0.15, 0.2) is 291 Å². The summed E-state index contributed by atoms with van der Waals surface area (Å²) in [4.78, 5) is 0. The van der Waals surface area contributed by atoms with Gasteiger partial charge in [-0.3, -0.25) is 0 Å². The van der Waals surface area contributed by atoms with E-state index in [1.54, 1.807) is 0 Å². The van der Waals surface area contributed by atoms with Gasteiger partial charge in [-0.05, 0) is 211 Å². The highest BCUT2D eigenvalue weighted by Gasteiger charge is 2.09. The van der Waals surface area contributed by atoms with Crippen LogP contribution in [-0.4, -0.2) is 0 Å². The molecule has 408 valence electrons. The van der Waals surface area contributed by atoms with Crippen molar-refractivity contribution >= 4 is 0 Å². The van der Waals surface area contributed by atoms with E-state index in [0.29, 0.717) is 0 Å². The smallest absolute Gasteiger partial charge is 0.00258 e. The van der Waals surface area contributed by atoms with Crippen molar-refractivity contribution in [1.29, 1.82) is 0 Å². The molecule has 12 aromatic rings. The zero-order valence-electron chi connectivity index (χ0n) is 48.2. The van der Waals surface area contributed by atoms with Crippen LogP contribution >= 0.6 is 0 Å². The minimum atomic E-state index is 0.964. The van der Waals surface area contributed by atoms with Gasteiger partial charge in [0.25, 0.3) is 0 Å². The largest absolute Gasteiger partial charge is 0.0584 e. The SMILES string of the molecule is c1cc2ccc1Cc1ccc(cc1)Cc1ccc(cc1)Cc1ccc(cc1)Cc1ccc(cc1)Cc1ccc(cc1)C2.c1cc2ccc1Cc1ccc(cc1)Cc1ccc(cc1)Cc1ccc(cc1)Cc1ccc(cc1)Cc1ccc(cc1)C2. The number of rotatable bonds is 0. The Morgan fingerprint density at radius 1 is 0.0714 bits per heavy atom. The van der Waals surface area contributed by atoms with E-state index in [0.717, 1.165) is 77.0 Å². The average molecular weight is 1080 g/mol. The first-order valence-electron chi connectivity index (χ1n) is 30.3. The number of hydrogen-bond acceptors (Lipinski definition) is 0. The molecule has 32 aliphatic carbocycles. The minimum absolute atomic E-state index is 0.964. The summed E-state index contributed by atoms with van der Waals surface area (Å²) >= 11 is 0. The van der Waals surface area contributed by atoms with Crippen molar-refractivity contribution in [2.24, 2.45) is 0 Å². The van der Waals surface area contributed by atoms with Crippen LogP contribution in [0.4, 0.5) is 0 Å². The maximum atomic E-state index is 2.29. The molecule has 0 unspecified atom stereocenters. The molecule has 0 nitrogen and oxygen atoms in total. The molecular formula is C84H72. The first-order chi connectivity index (χ1) is 41.4. The molecule has 0 radical (unpaired) electrons. The molecule has 84 heavy (non-hydrogen) atoms. The third kappa shape index (κ3) is 14.8. The Balaban J connectivity index is 0.000000157. The van der Waals surface area contributed by atoms with Gasteiger partial charge in [0.1, 0.15) is 0 Å². The van der Waals surface area contributed by atoms with Gasteiger partial charge in [-0.15, -0.1) is 0 Å². The van der Waals surface area contributed by atoms with Crippen LogP contribution in [0.25, 0.3) is 0 Å². The standard InChI is InChI=1S/2C42H36/c2*1-2-32-4-3-31(1)25-33-5-7-35(8-6-33)27-37-13-15-39(16-14-37)29-41-21-23-42(24-22-41)30-40-19-17-38(18-20-40)28-36-11-9-34(26-32)10-12-36/h2*1-24H,25-30H2. The molecule has 0 saturated heterocycles. The van der Waals surface area contributed by atoms with Crippen molar-refractivity contribution in [2.75, 3.05) is 0 Å². The van der Waals surface area contributed by atoms with E-state index in [9.17, 15) is 0 Å². The fourth-order valence-corrected chi connectivity index (χ4v) is 12.1. The van der Waals surface area contributed by atoms with Crippen molar-refractivity contribution in [3.8, 4) is 0 Å². The van der Waals surface area contributed by atoms with E-state index in [1.165, 1.54) is 134 Å². The van der Waals surface area contributed by atoms with Crippen LogP contribution in [0.1, 0.15) is 134 Å². The Bertz CT molecular complexity index is 2790. The van der Waals surface area contributed by atoms with E-state index < -0.39 is 0 Å². The van der Waals surface area contributed by atoms with Crippen molar-refractivity contribution in [1.82, 2.24) is 0 Å². The predicted molar refractivity (Wildman–Crippen MR) is 351 cm³/mol. The van der Waals surface area contributed by atoms with E-state index >= 15 is 0 Å². The molecule has 0 spiro atoms. The molecule has 44 rings (SSSR count). The van der Waals surface area contributed by atoms with Crippen LogP contribution in [0.3, 0.4) is 0 Å². The molecule has 0 atom stereocenters. The van der Waals surface area contributed by atoms with E-state index in [2.05, 4.69) is 291 Å². The molecule has 12 aromatic carbocycles. The predicted octanol–water partition coefficient (Wildman–Crippen LogP) is 19.1. The third-order valence-corrected chi connectivity index (χ3v) is 17.2. The molecule has 0 aromatic heterocycles. The summed E-state index contributed by atoms with van der Waals surface area (Å²) in [6, 6.07) is 110. The van der Waals surface area contributed by atoms with Gasteiger partial charge in [0.2, 0.25) is 0 Å². The molecular weight excluding hydrogens is 1010 g/mol. The van der Waals surface area contributed by atoms with Gasteiger partial charge >= 0.3 is 0 Å². The molecule has 0 saturated carbocycles. The normalized spacial score (nSPS) is 13.1. The summed E-state index contributed by atoms with van der Waals surface area (Å²) in [6.07, 6.45) is 11.6. The highest BCUT2D eigenvalue weighted by molar-refractivity contribution is 5.42. The van der Waals surface area contributed by atoms with Crippen LogP contribution in [0.5, 0.6) is 0 Å². The quantitative estimate of drug-likeness (QED) is 0.142. The maximum Gasteiger partial charge on any atom is -0.00258 e. The van der Waals surface area contributed by atoms with Crippen molar-refractivity contribution in [3.05, 3.63) is 425 Å². The lowest BCUT2D eigenvalue weighted by Gasteiger charge is -2.09. The number of benzene rings is 12. The monoisotopic (exact) mass is 1080 g/mol.